The number of methoxy groups -OCH3 is 1. The zero-order valence-corrected chi connectivity index (χ0v) is 15.0. The number of rotatable bonds is 4. The van der Waals surface area contributed by atoms with E-state index >= 15 is 0 Å². The molecule has 0 amide bonds. The maximum Gasteiger partial charge on any atom is 0.0986 e. The summed E-state index contributed by atoms with van der Waals surface area (Å²) in [5.74, 6) is 7.70. The summed E-state index contributed by atoms with van der Waals surface area (Å²) in [6.45, 7) is 2.33. The van der Waals surface area contributed by atoms with Crippen molar-refractivity contribution in [2.45, 2.75) is 63.5 Å². The van der Waals surface area contributed by atoms with Crippen molar-refractivity contribution in [1.29, 1.82) is 0 Å². The van der Waals surface area contributed by atoms with E-state index in [0.717, 1.165) is 5.56 Å². The van der Waals surface area contributed by atoms with Crippen molar-refractivity contribution in [2.24, 2.45) is 5.92 Å². The van der Waals surface area contributed by atoms with Crippen LogP contribution in [0.4, 0.5) is 0 Å². The Morgan fingerprint density at radius 2 is 1.62 bits per heavy atom. The average Bonchev–Trinajstić information content (AvgIpc) is 2.67. The first-order chi connectivity index (χ1) is 11.9. The van der Waals surface area contributed by atoms with Gasteiger partial charge in [0.25, 0.3) is 0 Å². The molecule has 1 aliphatic carbocycles. The van der Waals surface area contributed by atoms with Gasteiger partial charge in [-0.1, -0.05) is 55.7 Å². The van der Waals surface area contributed by atoms with Gasteiger partial charge >= 0.3 is 0 Å². The van der Waals surface area contributed by atoms with Crippen LogP contribution in [0.2, 0.25) is 0 Å². The second-order valence-electron chi connectivity index (χ2n) is 7.28. The Bertz CT molecular complexity index is 532. The van der Waals surface area contributed by atoms with Crippen LogP contribution in [0.5, 0.6) is 0 Å². The molecule has 0 radical (unpaired) electrons. The quantitative estimate of drug-likeness (QED) is 0.756. The van der Waals surface area contributed by atoms with E-state index in [4.69, 9.17) is 4.74 Å². The molecule has 1 heterocycles. The maximum atomic E-state index is 6.05. The minimum atomic E-state index is 0.235. The molecule has 1 saturated carbocycles. The van der Waals surface area contributed by atoms with E-state index in [2.05, 4.69) is 41.0 Å². The van der Waals surface area contributed by atoms with Crippen LogP contribution < -0.4 is 0 Å². The summed E-state index contributed by atoms with van der Waals surface area (Å²) in [5, 5.41) is 0. The highest BCUT2D eigenvalue weighted by molar-refractivity contribution is 5.35. The highest BCUT2D eigenvalue weighted by Gasteiger charge is 2.33. The molecule has 2 atom stereocenters. The van der Waals surface area contributed by atoms with Crippen LogP contribution in [-0.2, 0) is 4.74 Å². The van der Waals surface area contributed by atoms with Crippen molar-refractivity contribution in [3.8, 4) is 11.8 Å². The summed E-state index contributed by atoms with van der Waals surface area (Å²) in [6, 6.07) is 10.6. The summed E-state index contributed by atoms with van der Waals surface area (Å²) in [5.41, 5.74) is 1.11. The number of hydrogen-bond acceptors (Lipinski definition) is 2. The van der Waals surface area contributed by atoms with Crippen LogP contribution in [0.3, 0.4) is 0 Å². The molecule has 3 rings (SSSR count). The predicted octanol–water partition coefficient (Wildman–Crippen LogP) is 4.49. The molecule has 2 nitrogen and oxygen atoms in total. The minimum Gasteiger partial charge on any atom is -0.379 e. The molecule has 1 aromatic carbocycles. The van der Waals surface area contributed by atoms with Gasteiger partial charge in [-0.2, -0.15) is 0 Å². The Hall–Kier alpha value is -1.30. The molecule has 2 fully saturated rings. The third-order valence-corrected chi connectivity index (χ3v) is 5.62. The van der Waals surface area contributed by atoms with E-state index in [-0.39, 0.29) is 12.1 Å². The second-order valence-corrected chi connectivity index (χ2v) is 7.28. The zero-order valence-electron chi connectivity index (χ0n) is 15.0. The molecule has 1 aromatic rings. The molecule has 0 spiro atoms. The third-order valence-electron chi connectivity index (χ3n) is 5.62. The van der Waals surface area contributed by atoms with Crippen LogP contribution >= 0.6 is 0 Å². The number of hydrogen-bond donors (Lipinski definition) is 0. The lowest BCUT2D eigenvalue weighted by atomic mass is 9.82. The Labute approximate surface area is 147 Å². The van der Waals surface area contributed by atoms with Gasteiger partial charge in [-0.3, -0.25) is 4.90 Å². The predicted molar refractivity (Wildman–Crippen MR) is 99.9 cm³/mol. The molecular weight excluding hydrogens is 294 g/mol. The highest BCUT2D eigenvalue weighted by Crippen LogP contribution is 2.31. The molecular formula is C22H31NO. The third kappa shape index (κ3) is 4.62. The van der Waals surface area contributed by atoms with Gasteiger partial charge < -0.3 is 4.74 Å². The minimum absolute atomic E-state index is 0.235. The number of piperidine rings is 1. The summed E-state index contributed by atoms with van der Waals surface area (Å²) >= 11 is 0. The molecule has 24 heavy (non-hydrogen) atoms. The SMILES string of the molecule is COC(C1CCCCC1)C(C#Cc1ccccc1)N1CCCCC1. The Kier molecular flexibility index (Phi) is 6.75. The number of likely N-dealkylation sites (tertiary alicyclic amines) is 1. The summed E-state index contributed by atoms with van der Waals surface area (Å²) < 4.78 is 6.05. The average molecular weight is 325 g/mol. The van der Waals surface area contributed by atoms with Gasteiger partial charge in [0, 0.05) is 12.7 Å². The fourth-order valence-electron chi connectivity index (χ4n) is 4.30. The Balaban J connectivity index is 1.81. The zero-order chi connectivity index (χ0) is 16.6. The summed E-state index contributed by atoms with van der Waals surface area (Å²) in [6.07, 6.45) is 10.9. The molecule has 130 valence electrons. The van der Waals surface area contributed by atoms with E-state index in [1.165, 1.54) is 64.5 Å². The summed E-state index contributed by atoms with van der Waals surface area (Å²) in [4.78, 5) is 2.59. The van der Waals surface area contributed by atoms with E-state index in [0.29, 0.717) is 5.92 Å². The van der Waals surface area contributed by atoms with Crippen LogP contribution in [-0.4, -0.2) is 37.2 Å². The fraction of sp³-hybridized carbons (Fsp3) is 0.636. The van der Waals surface area contributed by atoms with Gasteiger partial charge in [0.05, 0.1) is 12.1 Å². The second kappa shape index (κ2) is 9.25. The highest BCUT2D eigenvalue weighted by atomic mass is 16.5. The first-order valence-corrected chi connectivity index (χ1v) is 9.72. The molecule has 0 N–H and O–H groups in total. The largest absolute Gasteiger partial charge is 0.379 e. The molecule has 2 unspecified atom stereocenters. The number of nitrogens with zero attached hydrogens (tertiary/aromatic N) is 1. The number of benzene rings is 1. The molecule has 0 bridgehead atoms. The monoisotopic (exact) mass is 325 g/mol. The van der Waals surface area contributed by atoms with Gasteiger partial charge in [0.2, 0.25) is 0 Å². The molecule has 0 aromatic heterocycles. The first kappa shape index (κ1) is 17.5. The van der Waals surface area contributed by atoms with Gasteiger partial charge in [-0.25, -0.2) is 0 Å². The van der Waals surface area contributed by atoms with E-state index in [9.17, 15) is 0 Å². The molecule has 2 heteroatoms. The summed E-state index contributed by atoms with van der Waals surface area (Å²) in [7, 11) is 1.89. The Morgan fingerprint density at radius 1 is 0.958 bits per heavy atom. The van der Waals surface area contributed by atoms with Gasteiger partial charge in [0.1, 0.15) is 0 Å². The van der Waals surface area contributed by atoms with Gasteiger partial charge in [0.15, 0.2) is 0 Å². The lowest BCUT2D eigenvalue weighted by molar-refractivity contribution is -0.0174. The lowest BCUT2D eigenvalue weighted by Gasteiger charge is -2.40. The van der Waals surface area contributed by atoms with E-state index in [1.807, 2.05) is 13.2 Å². The smallest absolute Gasteiger partial charge is 0.0986 e. The van der Waals surface area contributed by atoms with Crippen molar-refractivity contribution in [3.63, 3.8) is 0 Å². The lowest BCUT2D eigenvalue weighted by Crippen LogP contribution is -2.49. The van der Waals surface area contributed by atoms with Gasteiger partial charge in [-0.15, -0.1) is 0 Å². The van der Waals surface area contributed by atoms with Crippen molar-refractivity contribution in [2.75, 3.05) is 20.2 Å². The normalized spacial score (nSPS) is 22.4. The topological polar surface area (TPSA) is 12.5 Å². The number of ether oxygens (including phenoxy) is 1. The van der Waals surface area contributed by atoms with Crippen molar-refractivity contribution in [1.82, 2.24) is 4.90 Å². The molecule has 1 aliphatic heterocycles. The van der Waals surface area contributed by atoms with Crippen LogP contribution in [0.1, 0.15) is 56.9 Å². The Morgan fingerprint density at radius 3 is 2.29 bits per heavy atom. The fourth-order valence-corrected chi connectivity index (χ4v) is 4.30. The van der Waals surface area contributed by atoms with Gasteiger partial charge in [-0.05, 0) is 56.8 Å². The van der Waals surface area contributed by atoms with Crippen molar-refractivity contribution in [3.05, 3.63) is 35.9 Å². The van der Waals surface area contributed by atoms with Crippen molar-refractivity contribution >= 4 is 0 Å². The standard InChI is InChI=1S/C22H31NO/c1-24-22(20-13-7-3-8-14-20)21(23-17-9-4-10-18-23)16-15-19-11-5-2-6-12-19/h2,5-6,11-12,20-22H,3-4,7-10,13-14,17-18H2,1H3. The first-order valence-electron chi connectivity index (χ1n) is 9.72. The van der Waals surface area contributed by atoms with E-state index < -0.39 is 0 Å². The molecule has 2 aliphatic rings. The maximum absolute atomic E-state index is 6.05. The van der Waals surface area contributed by atoms with Crippen LogP contribution in [0.15, 0.2) is 30.3 Å². The van der Waals surface area contributed by atoms with Crippen molar-refractivity contribution < 1.29 is 4.74 Å². The van der Waals surface area contributed by atoms with Crippen LogP contribution in [0.25, 0.3) is 0 Å². The molecule has 1 saturated heterocycles. The van der Waals surface area contributed by atoms with E-state index in [1.54, 1.807) is 0 Å². The van der Waals surface area contributed by atoms with Crippen LogP contribution in [0, 0.1) is 17.8 Å².